The van der Waals surface area contributed by atoms with Crippen molar-refractivity contribution >= 4 is 59.2 Å². The Morgan fingerprint density at radius 2 is 1.81 bits per heavy atom. The number of rotatable bonds is 4. The van der Waals surface area contributed by atoms with Crippen LogP contribution in [0.15, 0.2) is 50.2 Å². The molecule has 2 rings (SSSR count). The minimum absolute atomic E-state index is 0.0617. The Kier molecular flexibility index (Phi) is 5.32. The van der Waals surface area contributed by atoms with Crippen molar-refractivity contribution in [1.82, 2.24) is 0 Å². The Labute approximate surface area is 145 Å². The highest BCUT2D eigenvalue weighted by Gasteiger charge is 2.10. The van der Waals surface area contributed by atoms with Gasteiger partial charge in [-0.15, -0.1) is 0 Å². The van der Waals surface area contributed by atoms with Gasteiger partial charge in [0.15, 0.2) is 0 Å². The first-order valence-corrected chi connectivity index (χ1v) is 9.28. The SMILES string of the molecule is NS(=O)(=O)c1ccc(NCc2ccc(Br)c(Cl)c2)c(Br)c1. The summed E-state index contributed by atoms with van der Waals surface area (Å²) in [6.45, 7) is 0.556. The molecule has 4 nitrogen and oxygen atoms in total. The fourth-order valence-corrected chi connectivity index (χ4v) is 3.32. The molecule has 0 aliphatic carbocycles. The average molecular weight is 455 g/mol. The van der Waals surface area contributed by atoms with E-state index in [0.717, 1.165) is 15.7 Å². The molecule has 0 spiro atoms. The van der Waals surface area contributed by atoms with Crippen LogP contribution in [0.2, 0.25) is 5.02 Å². The van der Waals surface area contributed by atoms with Crippen molar-refractivity contribution in [3.8, 4) is 0 Å². The number of hydrogen-bond donors (Lipinski definition) is 2. The van der Waals surface area contributed by atoms with Crippen LogP contribution in [0.5, 0.6) is 0 Å². The van der Waals surface area contributed by atoms with Gasteiger partial charge in [-0.25, -0.2) is 13.6 Å². The molecule has 0 aromatic heterocycles. The van der Waals surface area contributed by atoms with Gasteiger partial charge in [-0.05, 0) is 67.8 Å². The molecular weight excluding hydrogens is 443 g/mol. The Bertz CT molecular complexity index is 782. The van der Waals surface area contributed by atoms with Crippen molar-refractivity contribution in [1.29, 1.82) is 0 Å². The number of anilines is 1. The molecule has 0 aliphatic heterocycles. The number of hydrogen-bond acceptors (Lipinski definition) is 3. The smallest absolute Gasteiger partial charge is 0.238 e. The quantitative estimate of drug-likeness (QED) is 0.730. The molecule has 0 aliphatic rings. The number of primary sulfonamides is 1. The van der Waals surface area contributed by atoms with Gasteiger partial charge in [0.2, 0.25) is 10.0 Å². The molecule has 0 radical (unpaired) electrons. The lowest BCUT2D eigenvalue weighted by atomic mass is 10.2. The molecule has 21 heavy (non-hydrogen) atoms. The number of nitrogens with two attached hydrogens (primary N) is 1. The number of benzene rings is 2. The molecule has 2 aromatic rings. The van der Waals surface area contributed by atoms with E-state index in [4.69, 9.17) is 16.7 Å². The predicted octanol–water partition coefficient (Wildman–Crippen LogP) is 4.12. The fourth-order valence-electron chi connectivity index (χ4n) is 1.66. The van der Waals surface area contributed by atoms with Crippen LogP contribution < -0.4 is 10.5 Å². The second-order valence-corrected chi connectivity index (χ2v) is 7.97. The summed E-state index contributed by atoms with van der Waals surface area (Å²) in [6, 6.07) is 10.2. The molecule has 0 atom stereocenters. The molecule has 8 heteroatoms. The maximum atomic E-state index is 11.3. The van der Waals surface area contributed by atoms with E-state index in [1.54, 1.807) is 6.07 Å². The van der Waals surface area contributed by atoms with E-state index in [2.05, 4.69) is 37.2 Å². The third kappa shape index (κ3) is 4.43. The molecule has 0 fully saturated rings. The standard InChI is InChI=1S/C13H11Br2ClN2O2S/c14-10-3-1-8(5-12(10)16)7-18-13-4-2-9(6-11(13)15)21(17,19)20/h1-6,18H,7H2,(H2,17,19,20). The molecule has 0 saturated carbocycles. The van der Waals surface area contributed by atoms with Crippen LogP contribution >= 0.6 is 43.5 Å². The lowest BCUT2D eigenvalue weighted by molar-refractivity contribution is 0.598. The first-order chi connectivity index (χ1) is 9.77. The van der Waals surface area contributed by atoms with Crippen LogP contribution in [0.4, 0.5) is 5.69 Å². The van der Waals surface area contributed by atoms with Crippen LogP contribution in [-0.2, 0) is 16.6 Å². The fraction of sp³-hybridized carbons (Fsp3) is 0.0769. The Balaban J connectivity index is 2.15. The van der Waals surface area contributed by atoms with Crippen molar-refractivity contribution < 1.29 is 8.42 Å². The molecular formula is C13H11Br2ClN2O2S. The number of halogens is 3. The van der Waals surface area contributed by atoms with Crippen LogP contribution in [0.25, 0.3) is 0 Å². The molecule has 112 valence electrons. The second kappa shape index (κ2) is 6.66. The maximum Gasteiger partial charge on any atom is 0.238 e. The van der Waals surface area contributed by atoms with Crippen molar-refractivity contribution in [3.05, 3.63) is 55.9 Å². The molecule has 0 heterocycles. The highest BCUT2D eigenvalue weighted by Crippen LogP contribution is 2.27. The van der Waals surface area contributed by atoms with Gasteiger partial charge in [0.05, 0.1) is 9.92 Å². The Morgan fingerprint density at radius 1 is 1.10 bits per heavy atom. The summed E-state index contributed by atoms with van der Waals surface area (Å²) in [5.41, 5.74) is 1.77. The first-order valence-electron chi connectivity index (χ1n) is 5.77. The summed E-state index contributed by atoms with van der Waals surface area (Å²) in [7, 11) is -3.70. The van der Waals surface area contributed by atoms with Gasteiger partial charge < -0.3 is 5.32 Å². The van der Waals surface area contributed by atoms with Crippen LogP contribution in [-0.4, -0.2) is 8.42 Å². The van der Waals surface area contributed by atoms with Gasteiger partial charge in [-0.1, -0.05) is 17.7 Å². The van der Waals surface area contributed by atoms with Crippen LogP contribution in [0, 0.1) is 0 Å². The molecule has 0 bridgehead atoms. The highest BCUT2D eigenvalue weighted by atomic mass is 79.9. The van der Waals surface area contributed by atoms with Gasteiger partial charge in [-0.3, -0.25) is 0 Å². The highest BCUT2D eigenvalue weighted by molar-refractivity contribution is 9.11. The molecule has 0 unspecified atom stereocenters. The summed E-state index contributed by atoms with van der Waals surface area (Å²) < 4.78 is 24.0. The summed E-state index contributed by atoms with van der Waals surface area (Å²) in [6.07, 6.45) is 0. The van der Waals surface area contributed by atoms with E-state index in [0.29, 0.717) is 16.0 Å². The zero-order chi connectivity index (χ0) is 15.6. The molecule has 2 aromatic carbocycles. The second-order valence-electron chi connectivity index (χ2n) is 4.29. The number of sulfonamides is 1. The normalized spacial score (nSPS) is 11.4. The van der Waals surface area contributed by atoms with Gasteiger partial charge in [0.25, 0.3) is 0 Å². The Morgan fingerprint density at radius 3 is 2.38 bits per heavy atom. The summed E-state index contributed by atoms with van der Waals surface area (Å²) in [5.74, 6) is 0. The van der Waals surface area contributed by atoms with E-state index in [9.17, 15) is 8.42 Å². The van der Waals surface area contributed by atoms with E-state index in [1.165, 1.54) is 12.1 Å². The minimum atomic E-state index is -3.70. The molecule has 3 N–H and O–H groups in total. The van der Waals surface area contributed by atoms with Crippen molar-refractivity contribution in [2.24, 2.45) is 5.14 Å². The van der Waals surface area contributed by atoms with E-state index >= 15 is 0 Å². The van der Waals surface area contributed by atoms with Crippen molar-refractivity contribution in [2.75, 3.05) is 5.32 Å². The zero-order valence-corrected chi connectivity index (χ0v) is 15.4. The first kappa shape index (κ1) is 16.8. The van der Waals surface area contributed by atoms with Gasteiger partial charge >= 0.3 is 0 Å². The summed E-state index contributed by atoms with van der Waals surface area (Å²) in [4.78, 5) is 0.0617. The lowest BCUT2D eigenvalue weighted by Crippen LogP contribution is -2.12. The predicted molar refractivity (Wildman–Crippen MR) is 92.0 cm³/mol. The van der Waals surface area contributed by atoms with Gasteiger partial charge in [-0.2, -0.15) is 0 Å². The molecule has 0 saturated heterocycles. The monoisotopic (exact) mass is 452 g/mol. The van der Waals surface area contributed by atoms with Gasteiger partial charge in [0, 0.05) is 21.2 Å². The third-order valence-corrected chi connectivity index (χ3v) is 5.54. The van der Waals surface area contributed by atoms with Crippen LogP contribution in [0.1, 0.15) is 5.56 Å². The van der Waals surface area contributed by atoms with Gasteiger partial charge in [0.1, 0.15) is 0 Å². The molecule has 0 amide bonds. The van der Waals surface area contributed by atoms with E-state index < -0.39 is 10.0 Å². The minimum Gasteiger partial charge on any atom is -0.380 e. The van der Waals surface area contributed by atoms with Crippen molar-refractivity contribution in [3.63, 3.8) is 0 Å². The van der Waals surface area contributed by atoms with Crippen LogP contribution in [0.3, 0.4) is 0 Å². The largest absolute Gasteiger partial charge is 0.380 e. The van der Waals surface area contributed by atoms with E-state index in [1.807, 2.05) is 18.2 Å². The number of nitrogens with one attached hydrogen (secondary N) is 1. The topological polar surface area (TPSA) is 72.2 Å². The average Bonchev–Trinajstić information content (AvgIpc) is 2.40. The summed E-state index contributed by atoms with van der Waals surface area (Å²) in [5, 5.41) is 8.92. The lowest BCUT2D eigenvalue weighted by Gasteiger charge is -2.10. The zero-order valence-electron chi connectivity index (χ0n) is 10.6. The van der Waals surface area contributed by atoms with Crippen molar-refractivity contribution in [2.45, 2.75) is 11.4 Å². The Hall–Kier alpha value is -0.600. The maximum absolute atomic E-state index is 11.3. The van der Waals surface area contributed by atoms with E-state index in [-0.39, 0.29) is 4.90 Å². The third-order valence-electron chi connectivity index (χ3n) is 2.74. The summed E-state index contributed by atoms with van der Waals surface area (Å²) >= 11 is 12.7.